The molecule has 0 unspecified atom stereocenters. The normalized spacial score (nSPS) is 10.4. The average molecular weight is 308 g/mol. The number of phenols is 1. The number of hydrogen-bond acceptors (Lipinski definition) is 4. The second-order valence-electron chi connectivity index (χ2n) is 5.11. The zero-order valence-electron chi connectivity index (χ0n) is 12.4. The lowest BCUT2D eigenvalue weighted by Crippen LogP contribution is -2.30. The van der Waals surface area contributed by atoms with Gasteiger partial charge in [0, 0.05) is 23.5 Å². The van der Waals surface area contributed by atoms with Crippen LogP contribution in [0.4, 0.5) is 0 Å². The fraction of sp³-hybridized carbons (Fsp3) is 0.111. The quantitative estimate of drug-likeness (QED) is 0.786. The fourth-order valence-corrected chi connectivity index (χ4v) is 2.32. The molecule has 1 aromatic carbocycles. The predicted molar refractivity (Wildman–Crippen MR) is 84.6 cm³/mol. The van der Waals surface area contributed by atoms with Crippen LogP contribution in [-0.4, -0.2) is 20.9 Å². The van der Waals surface area contributed by atoms with Crippen molar-refractivity contribution in [2.45, 2.75) is 13.1 Å². The monoisotopic (exact) mass is 308 g/mol. The number of benzene rings is 1. The summed E-state index contributed by atoms with van der Waals surface area (Å²) in [6.45, 7) is 0.608. The van der Waals surface area contributed by atoms with Gasteiger partial charge < -0.3 is 14.4 Å². The third-order valence-corrected chi connectivity index (χ3v) is 3.49. The van der Waals surface area contributed by atoms with Gasteiger partial charge in [-0.1, -0.05) is 18.2 Å². The maximum atomic E-state index is 12.8. The van der Waals surface area contributed by atoms with Crippen LogP contribution < -0.4 is 0 Å². The van der Waals surface area contributed by atoms with Crippen molar-refractivity contribution in [3.05, 3.63) is 84.1 Å². The summed E-state index contributed by atoms with van der Waals surface area (Å²) in [5, 5.41) is 9.97. The summed E-state index contributed by atoms with van der Waals surface area (Å²) in [6.07, 6.45) is 4.74. The molecule has 0 radical (unpaired) electrons. The van der Waals surface area contributed by atoms with Gasteiger partial charge in [0.05, 0.1) is 19.4 Å². The zero-order chi connectivity index (χ0) is 16.1. The van der Waals surface area contributed by atoms with E-state index in [0.717, 1.165) is 0 Å². The molecular formula is C18H16N2O3. The van der Waals surface area contributed by atoms with Crippen LogP contribution in [0.1, 0.15) is 21.7 Å². The Kier molecular flexibility index (Phi) is 4.38. The van der Waals surface area contributed by atoms with Gasteiger partial charge in [0.2, 0.25) is 0 Å². The molecular weight excluding hydrogens is 292 g/mol. The Morgan fingerprint density at radius 3 is 2.52 bits per heavy atom. The van der Waals surface area contributed by atoms with Crippen LogP contribution in [0, 0.1) is 0 Å². The Bertz CT molecular complexity index is 770. The molecule has 2 heterocycles. The van der Waals surface area contributed by atoms with Gasteiger partial charge in [-0.3, -0.25) is 9.78 Å². The van der Waals surface area contributed by atoms with E-state index in [1.54, 1.807) is 60.0 Å². The largest absolute Gasteiger partial charge is 0.508 e. The van der Waals surface area contributed by atoms with Crippen LogP contribution in [0.5, 0.6) is 5.75 Å². The molecule has 0 spiro atoms. The predicted octanol–water partition coefficient (Wildman–Crippen LogP) is 3.22. The van der Waals surface area contributed by atoms with E-state index in [-0.39, 0.29) is 18.2 Å². The van der Waals surface area contributed by atoms with Gasteiger partial charge in [-0.25, -0.2) is 0 Å². The second-order valence-corrected chi connectivity index (χ2v) is 5.11. The van der Waals surface area contributed by atoms with Crippen molar-refractivity contribution in [3.8, 4) is 5.75 Å². The molecule has 0 fully saturated rings. The molecule has 0 saturated heterocycles. The molecule has 0 bridgehead atoms. The first kappa shape index (κ1) is 14.8. The van der Waals surface area contributed by atoms with E-state index in [4.69, 9.17) is 4.42 Å². The third-order valence-electron chi connectivity index (χ3n) is 3.49. The molecule has 1 amide bonds. The van der Waals surface area contributed by atoms with Crippen molar-refractivity contribution in [1.82, 2.24) is 9.88 Å². The SMILES string of the molecule is O=C(c1ccncc1)N(Cc1ccco1)Cc1ccccc1O. The number of carbonyl (C=O) groups is 1. The maximum Gasteiger partial charge on any atom is 0.254 e. The molecule has 5 nitrogen and oxygen atoms in total. The summed E-state index contributed by atoms with van der Waals surface area (Å²) < 4.78 is 5.35. The van der Waals surface area contributed by atoms with Crippen molar-refractivity contribution in [2.75, 3.05) is 0 Å². The number of para-hydroxylation sites is 1. The molecule has 23 heavy (non-hydrogen) atoms. The number of pyridine rings is 1. The molecule has 0 aliphatic rings. The lowest BCUT2D eigenvalue weighted by molar-refractivity contribution is 0.0716. The lowest BCUT2D eigenvalue weighted by Gasteiger charge is -2.22. The molecule has 2 aromatic heterocycles. The Hall–Kier alpha value is -3.08. The lowest BCUT2D eigenvalue weighted by atomic mass is 10.1. The standard InChI is InChI=1S/C18H16N2O3/c21-17-6-2-1-4-15(17)12-20(13-16-5-3-11-23-16)18(22)14-7-9-19-10-8-14/h1-11,21H,12-13H2. The van der Waals surface area contributed by atoms with Gasteiger partial charge in [0.25, 0.3) is 5.91 Å². The van der Waals surface area contributed by atoms with Crippen molar-refractivity contribution in [1.29, 1.82) is 0 Å². The van der Waals surface area contributed by atoms with Crippen LogP contribution in [-0.2, 0) is 13.1 Å². The van der Waals surface area contributed by atoms with Gasteiger partial charge in [-0.15, -0.1) is 0 Å². The Balaban J connectivity index is 1.87. The minimum Gasteiger partial charge on any atom is -0.508 e. The summed E-state index contributed by atoms with van der Waals surface area (Å²) in [5.74, 6) is 0.703. The zero-order valence-corrected chi connectivity index (χ0v) is 12.4. The van der Waals surface area contributed by atoms with Crippen molar-refractivity contribution < 1.29 is 14.3 Å². The van der Waals surface area contributed by atoms with Crippen LogP contribution >= 0.6 is 0 Å². The number of phenolic OH excluding ortho intramolecular Hbond substituents is 1. The summed E-state index contributed by atoms with van der Waals surface area (Å²) in [4.78, 5) is 18.3. The van der Waals surface area contributed by atoms with E-state index < -0.39 is 0 Å². The minimum absolute atomic E-state index is 0.146. The average Bonchev–Trinajstić information content (AvgIpc) is 3.09. The van der Waals surface area contributed by atoms with Crippen LogP contribution in [0.3, 0.4) is 0 Å². The number of aromatic nitrogens is 1. The van der Waals surface area contributed by atoms with Crippen LogP contribution in [0.2, 0.25) is 0 Å². The number of nitrogens with zero attached hydrogens (tertiary/aromatic N) is 2. The van der Waals surface area contributed by atoms with E-state index in [0.29, 0.717) is 23.4 Å². The van der Waals surface area contributed by atoms with Crippen molar-refractivity contribution >= 4 is 5.91 Å². The molecule has 1 N–H and O–H groups in total. The summed E-state index contributed by atoms with van der Waals surface area (Å²) >= 11 is 0. The van der Waals surface area contributed by atoms with Crippen molar-refractivity contribution in [3.63, 3.8) is 0 Å². The highest BCUT2D eigenvalue weighted by Crippen LogP contribution is 2.20. The highest BCUT2D eigenvalue weighted by molar-refractivity contribution is 5.94. The van der Waals surface area contributed by atoms with E-state index >= 15 is 0 Å². The Labute approximate surface area is 133 Å². The molecule has 0 aliphatic heterocycles. The smallest absolute Gasteiger partial charge is 0.254 e. The number of rotatable bonds is 5. The summed E-state index contributed by atoms with van der Waals surface area (Å²) in [5.41, 5.74) is 1.23. The minimum atomic E-state index is -0.146. The molecule has 0 aliphatic carbocycles. The fourth-order valence-electron chi connectivity index (χ4n) is 2.32. The summed E-state index contributed by atoms with van der Waals surface area (Å²) in [7, 11) is 0. The number of hydrogen-bond donors (Lipinski definition) is 1. The van der Waals surface area contributed by atoms with Crippen LogP contribution in [0.15, 0.2) is 71.6 Å². The summed E-state index contributed by atoms with van der Waals surface area (Å²) in [6, 6.07) is 13.9. The first-order valence-corrected chi connectivity index (χ1v) is 7.22. The molecule has 0 atom stereocenters. The molecule has 3 aromatic rings. The Morgan fingerprint density at radius 2 is 1.83 bits per heavy atom. The highest BCUT2D eigenvalue weighted by atomic mass is 16.3. The maximum absolute atomic E-state index is 12.8. The van der Waals surface area contributed by atoms with E-state index in [1.807, 2.05) is 12.1 Å². The Morgan fingerprint density at radius 1 is 1.04 bits per heavy atom. The second kappa shape index (κ2) is 6.79. The van der Waals surface area contributed by atoms with Gasteiger partial charge in [0.1, 0.15) is 11.5 Å². The first-order chi connectivity index (χ1) is 11.2. The topological polar surface area (TPSA) is 66.6 Å². The van der Waals surface area contributed by atoms with E-state index in [9.17, 15) is 9.90 Å². The van der Waals surface area contributed by atoms with Gasteiger partial charge in [-0.2, -0.15) is 0 Å². The molecule has 0 saturated carbocycles. The molecule has 116 valence electrons. The first-order valence-electron chi connectivity index (χ1n) is 7.22. The van der Waals surface area contributed by atoms with E-state index in [1.165, 1.54) is 0 Å². The van der Waals surface area contributed by atoms with Crippen molar-refractivity contribution in [2.24, 2.45) is 0 Å². The van der Waals surface area contributed by atoms with Gasteiger partial charge in [-0.05, 0) is 30.3 Å². The van der Waals surface area contributed by atoms with E-state index in [2.05, 4.69) is 4.98 Å². The van der Waals surface area contributed by atoms with Gasteiger partial charge in [0.15, 0.2) is 0 Å². The number of carbonyl (C=O) groups excluding carboxylic acids is 1. The molecule has 3 rings (SSSR count). The van der Waals surface area contributed by atoms with Gasteiger partial charge >= 0.3 is 0 Å². The third kappa shape index (κ3) is 3.58. The van der Waals surface area contributed by atoms with Crippen LogP contribution in [0.25, 0.3) is 0 Å². The molecule has 5 heteroatoms. The number of furan rings is 1. The highest BCUT2D eigenvalue weighted by Gasteiger charge is 2.18. The number of amides is 1. The number of aromatic hydroxyl groups is 1.